The van der Waals surface area contributed by atoms with Crippen LogP contribution in [0.25, 0.3) is 10.9 Å². The summed E-state index contributed by atoms with van der Waals surface area (Å²) in [7, 11) is 0. The van der Waals surface area contributed by atoms with Crippen molar-refractivity contribution in [2.75, 3.05) is 0 Å². The van der Waals surface area contributed by atoms with Crippen molar-refractivity contribution in [2.24, 2.45) is 5.73 Å². The fourth-order valence-electron chi connectivity index (χ4n) is 1.58. The topological polar surface area (TPSA) is 41.8 Å². The van der Waals surface area contributed by atoms with Gasteiger partial charge >= 0.3 is 0 Å². The van der Waals surface area contributed by atoms with E-state index in [2.05, 4.69) is 11.1 Å². The highest BCUT2D eigenvalue weighted by molar-refractivity contribution is 6.31. The molecule has 3 heteroatoms. The Morgan fingerprint density at radius 3 is 2.85 bits per heavy atom. The number of nitrogens with two attached hydrogens (primary N) is 1. The van der Waals surface area contributed by atoms with E-state index in [1.807, 2.05) is 19.1 Å². The SMILES string of the molecule is Cc1cc2cc(Cl)cc(CN)c2[nH]1. The van der Waals surface area contributed by atoms with E-state index in [0.717, 1.165) is 27.2 Å². The fourth-order valence-corrected chi connectivity index (χ4v) is 1.83. The van der Waals surface area contributed by atoms with Crippen LogP contribution in [0.4, 0.5) is 0 Å². The first-order chi connectivity index (χ1) is 6.20. The number of halogens is 1. The highest BCUT2D eigenvalue weighted by atomic mass is 35.5. The maximum atomic E-state index is 5.94. The first-order valence-corrected chi connectivity index (χ1v) is 4.56. The van der Waals surface area contributed by atoms with Gasteiger partial charge in [-0.3, -0.25) is 0 Å². The number of aromatic nitrogens is 1. The molecule has 1 heterocycles. The Kier molecular flexibility index (Phi) is 2.02. The van der Waals surface area contributed by atoms with Gasteiger partial charge in [0.2, 0.25) is 0 Å². The van der Waals surface area contributed by atoms with E-state index >= 15 is 0 Å². The number of rotatable bonds is 1. The Morgan fingerprint density at radius 2 is 2.15 bits per heavy atom. The molecule has 0 atom stereocenters. The Labute approximate surface area is 81.7 Å². The Morgan fingerprint density at radius 1 is 1.38 bits per heavy atom. The molecular formula is C10H11ClN2. The van der Waals surface area contributed by atoms with Crippen molar-refractivity contribution in [3.8, 4) is 0 Å². The van der Waals surface area contributed by atoms with Crippen LogP contribution in [0.5, 0.6) is 0 Å². The van der Waals surface area contributed by atoms with Crippen LogP contribution < -0.4 is 5.73 Å². The highest BCUT2D eigenvalue weighted by Crippen LogP contribution is 2.23. The second-order valence-electron chi connectivity index (χ2n) is 3.19. The number of nitrogens with one attached hydrogen (secondary N) is 1. The fraction of sp³-hybridized carbons (Fsp3) is 0.200. The van der Waals surface area contributed by atoms with Crippen molar-refractivity contribution in [3.05, 3.63) is 34.5 Å². The minimum atomic E-state index is 0.511. The molecule has 0 aliphatic carbocycles. The van der Waals surface area contributed by atoms with Gasteiger partial charge in [0, 0.05) is 22.6 Å². The molecule has 0 bridgehead atoms. The average molecular weight is 195 g/mol. The largest absolute Gasteiger partial charge is 0.358 e. The number of aryl methyl sites for hydroxylation is 1. The summed E-state index contributed by atoms with van der Waals surface area (Å²) < 4.78 is 0. The maximum Gasteiger partial charge on any atom is 0.0502 e. The molecule has 68 valence electrons. The molecule has 0 spiro atoms. The summed E-state index contributed by atoms with van der Waals surface area (Å²) >= 11 is 5.94. The van der Waals surface area contributed by atoms with Gasteiger partial charge in [0.05, 0.1) is 5.52 Å². The summed E-state index contributed by atoms with van der Waals surface area (Å²) in [4.78, 5) is 3.27. The third kappa shape index (κ3) is 1.43. The minimum absolute atomic E-state index is 0.511. The number of hydrogen-bond donors (Lipinski definition) is 2. The van der Waals surface area contributed by atoms with Crippen molar-refractivity contribution in [1.82, 2.24) is 4.98 Å². The van der Waals surface area contributed by atoms with Crippen LogP contribution in [-0.4, -0.2) is 4.98 Å². The summed E-state index contributed by atoms with van der Waals surface area (Å²) in [5, 5.41) is 1.87. The molecule has 3 N–H and O–H groups in total. The lowest BCUT2D eigenvalue weighted by atomic mass is 10.1. The number of fused-ring (bicyclic) bond motifs is 1. The van der Waals surface area contributed by atoms with Gasteiger partial charge < -0.3 is 10.7 Å². The van der Waals surface area contributed by atoms with E-state index < -0.39 is 0 Å². The zero-order valence-electron chi connectivity index (χ0n) is 7.39. The van der Waals surface area contributed by atoms with Crippen molar-refractivity contribution >= 4 is 22.5 Å². The molecule has 0 aliphatic rings. The molecule has 2 rings (SSSR count). The lowest BCUT2D eigenvalue weighted by Crippen LogP contribution is -1.97. The molecule has 0 radical (unpaired) electrons. The molecule has 2 nitrogen and oxygen atoms in total. The standard InChI is InChI=1S/C10H11ClN2/c1-6-2-7-3-9(11)4-8(5-12)10(7)13-6/h2-4,13H,5,12H2,1H3. The smallest absolute Gasteiger partial charge is 0.0502 e. The van der Waals surface area contributed by atoms with Gasteiger partial charge in [-0.05, 0) is 30.7 Å². The predicted octanol–water partition coefficient (Wildman–Crippen LogP) is 2.59. The van der Waals surface area contributed by atoms with Gasteiger partial charge in [-0.25, -0.2) is 0 Å². The molecule has 1 aromatic heterocycles. The molecule has 0 amide bonds. The van der Waals surface area contributed by atoms with Crippen LogP contribution in [0, 0.1) is 6.92 Å². The highest BCUT2D eigenvalue weighted by Gasteiger charge is 2.03. The normalized spacial score (nSPS) is 11.0. The van der Waals surface area contributed by atoms with E-state index in [0.29, 0.717) is 6.54 Å². The summed E-state index contributed by atoms with van der Waals surface area (Å²) in [6, 6.07) is 5.92. The van der Waals surface area contributed by atoms with E-state index in [9.17, 15) is 0 Å². The van der Waals surface area contributed by atoms with Crippen molar-refractivity contribution < 1.29 is 0 Å². The first-order valence-electron chi connectivity index (χ1n) is 4.18. The van der Waals surface area contributed by atoms with Gasteiger partial charge in [0.25, 0.3) is 0 Å². The van der Waals surface area contributed by atoms with Crippen LogP contribution in [0.1, 0.15) is 11.3 Å². The number of benzene rings is 1. The Balaban J connectivity index is 2.80. The summed E-state index contributed by atoms with van der Waals surface area (Å²) in [6.07, 6.45) is 0. The summed E-state index contributed by atoms with van der Waals surface area (Å²) in [5.74, 6) is 0. The molecule has 2 aromatic rings. The second-order valence-corrected chi connectivity index (χ2v) is 3.62. The molecule has 13 heavy (non-hydrogen) atoms. The van der Waals surface area contributed by atoms with Crippen molar-refractivity contribution in [1.29, 1.82) is 0 Å². The molecule has 0 fully saturated rings. The van der Waals surface area contributed by atoms with E-state index in [4.69, 9.17) is 17.3 Å². The quantitative estimate of drug-likeness (QED) is 0.720. The van der Waals surface area contributed by atoms with Crippen molar-refractivity contribution in [2.45, 2.75) is 13.5 Å². The van der Waals surface area contributed by atoms with Crippen LogP contribution >= 0.6 is 11.6 Å². The van der Waals surface area contributed by atoms with Crippen LogP contribution in [0.15, 0.2) is 18.2 Å². The Hall–Kier alpha value is -0.990. The molecular weight excluding hydrogens is 184 g/mol. The van der Waals surface area contributed by atoms with Gasteiger partial charge in [-0.2, -0.15) is 0 Å². The monoisotopic (exact) mass is 194 g/mol. The number of aromatic amines is 1. The zero-order chi connectivity index (χ0) is 9.42. The molecule has 0 aliphatic heterocycles. The minimum Gasteiger partial charge on any atom is -0.358 e. The first kappa shape index (κ1) is 8.60. The molecule has 0 saturated heterocycles. The van der Waals surface area contributed by atoms with Crippen LogP contribution in [0.3, 0.4) is 0 Å². The second kappa shape index (κ2) is 3.05. The van der Waals surface area contributed by atoms with Gasteiger partial charge in [-0.15, -0.1) is 0 Å². The van der Waals surface area contributed by atoms with Crippen LogP contribution in [0.2, 0.25) is 5.02 Å². The van der Waals surface area contributed by atoms with E-state index in [1.165, 1.54) is 0 Å². The third-order valence-corrected chi connectivity index (χ3v) is 2.35. The van der Waals surface area contributed by atoms with Gasteiger partial charge in [-0.1, -0.05) is 11.6 Å². The average Bonchev–Trinajstić information content (AvgIpc) is 2.43. The lowest BCUT2D eigenvalue weighted by Gasteiger charge is -2.00. The summed E-state index contributed by atoms with van der Waals surface area (Å²) in [5.41, 5.74) is 8.91. The molecule has 0 unspecified atom stereocenters. The van der Waals surface area contributed by atoms with Gasteiger partial charge in [0.1, 0.15) is 0 Å². The van der Waals surface area contributed by atoms with E-state index in [-0.39, 0.29) is 0 Å². The van der Waals surface area contributed by atoms with Crippen LogP contribution in [-0.2, 0) is 6.54 Å². The van der Waals surface area contributed by atoms with Gasteiger partial charge in [0.15, 0.2) is 0 Å². The Bertz CT molecular complexity index is 445. The lowest BCUT2D eigenvalue weighted by molar-refractivity contribution is 1.08. The predicted molar refractivity (Wildman–Crippen MR) is 55.9 cm³/mol. The number of H-pyrrole nitrogens is 1. The molecule has 0 saturated carbocycles. The zero-order valence-corrected chi connectivity index (χ0v) is 8.15. The number of hydrogen-bond acceptors (Lipinski definition) is 1. The van der Waals surface area contributed by atoms with Crippen molar-refractivity contribution in [3.63, 3.8) is 0 Å². The summed E-state index contributed by atoms with van der Waals surface area (Å²) in [6.45, 7) is 2.53. The third-order valence-electron chi connectivity index (χ3n) is 2.13. The maximum absolute atomic E-state index is 5.94. The molecule has 1 aromatic carbocycles. The van der Waals surface area contributed by atoms with E-state index in [1.54, 1.807) is 0 Å².